The molecule has 0 bridgehead atoms. The quantitative estimate of drug-likeness (QED) is 0.877. The molecule has 0 saturated carbocycles. The molecule has 0 unspecified atom stereocenters. The molecule has 0 aliphatic heterocycles. The zero-order valence-electron chi connectivity index (χ0n) is 10.4. The number of anilines is 1. The van der Waals surface area contributed by atoms with Crippen LogP contribution in [-0.4, -0.2) is 23.1 Å². The van der Waals surface area contributed by atoms with E-state index in [4.69, 9.17) is 4.74 Å². The Bertz CT molecular complexity index is 530. The molecule has 0 radical (unpaired) electrons. The van der Waals surface area contributed by atoms with Crippen molar-refractivity contribution in [2.45, 2.75) is 13.2 Å². The van der Waals surface area contributed by atoms with Crippen LogP contribution in [0.1, 0.15) is 11.4 Å². The SMILES string of the molecule is COCc1csc(NC(=O)NCc2ccccn2)n1. The van der Waals surface area contributed by atoms with Crippen LogP contribution in [0.5, 0.6) is 0 Å². The maximum atomic E-state index is 11.6. The average molecular weight is 278 g/mol. The van der Waals surface area contributed by atoms with Crippen LogP contribution in [-0.2, 0) is 17.9 Å². The van der Waals surface area contributed by atoms with Gasteiger partial charge in [0.25, 0.3) is 0 Å². The van der Waals surface area contributed by atoms with E-state index < -0.39 is 0 Å². The minimum Gasteiger partial charge on any atom is -0.378 e. The fourth-order valence-electron chi connectivity index (χ4n) is 1.39. The van der Waals surface area contributed by atoms with Crippen LogP contribution in [0.25, 0.3) is 0 Å². The van der Waals surface area contributed by atoms with Gasteiger partial charge in [0.05, 0.1) is 24.5 Å². The van der Waals surface area contributed by atoms with Gasteiger partial charge in [-0.3, -0.25) is 10.3 Å². The molecule has 0 saturated heterocycles. The number of nitrogens with zero attached hydrogens (tertiary/aromatic N) is 2. The van der Waals surface area contributed by atoms with Crippen LogP contribution in [0.4, 0.5) is 9.93 Å². The van der Waals surface area contributed by atoms with Gasteiger partial charge < -0.3 is 10.1 Å². The number of carbonyl (C=O) groups is 1. The largest absolute Gasteiger partial charge is 0.378 e. The van der Waals surface area contributed by atoms with Gasteiger partial charge in [0.15, 0.2) is 5.13 Å². The fourth-order valence-corrected chi connectivity index (χ4v) is 2.08. The van der Waals surface area contributed by atoms with Crippen molar-refractivity contribution in [3.05, 3.63) is 41.2 Å². The lowest BCUT2D eigenvalue weighted by molar-refractivity contribution is 0.182. The van der Waals surface area contributed by atoms with Crippen LogP contribution in [0.15, 0.2) is 29.8 Å². The lowest BCUT2D eigenvalue weighted by Crippen LogP contribution is -2.28. The van der Waals surface area contributed by atoms with E-state index in [1.54, 1.807) is 13.3 Å². The summed E-state index contributed by atoms with van der Waals surface area (Å²) in [4.78, 5) is 20.0. The van der Waals surface area contributed by atoms with Gasteiger partial charge in [0.1, 0.15) is 0 Å². The highest BCUT2D eigenvalue weighted by Gasteiger charge is 2.06. The summed E-state index contributed by atoms with van der Waals surface area (Å²) in [6.07, 6.45) is 1.69. The van der Waals surface area contributed by atoms with Crippen LogP contribution in [0, 0.1) is 0 Å². The Morgan fingerprint density at radius 1 is 1.42 bits per heavy atom. The van der Waals surface area contributed by atoms with E-state index in [9.17, 15) is 4.79 Å². The van der Waals surface area contributed by atoms with Gasteiger partial charge >= 0.3 is 6.03 Å². The molecule has 0 aromatic carbocycles. The standard InChI is InChI=1S/C12H14N4O2S/c1-18-7-10-8-19-12(15-10)16-11(17)14-6-9-4-2-3-5-13-9/h2-5,8H,6-7H2,1H3,(H2,14,15,16,17). The van der Waals surface area contributed by atoms with Gasteiger partial charge in [-0.15, -0.1) is 11.3 Å². The number of hydrogen-bond donors (Lipinski definition) is 2. The number of aromatic nitrogens is 2. The molecule has 0 aliphatic rings. The number of rotatable bonds is 5. The van der Waals surface area contributed by atoms with Crippen molar-refractivity contribution < 1.29 is 9.53 Å². The monoisotopic (exact) mass is 278 g/mol. The van der Waals surface area contributed by atoms with E-state index in [1.165, 1.54) is 11.3 Å². The fraction of sp³-hybridized carbons (Fsp3) is 0.250. The molecule has 0 fully saturated rings. The topological polar surface area (TPSA) is 76.1 Å². The normalized spacial score (nSPS) is 10.2. The Balaban J connectivity index is 1.80. The van der Waals surface area contributed by atoms with E-state index in [0.717, 1.165) is 11.4 Å². The highest BCUT2D eigenvalue weighted by molar-refractivity contribution is 7.13. The Morgan fingerprint density at radius 3 is 3.05 bits per heavy atom. The number of thiazole rings is 1. The first-order valence-corrected chi connectivity index (χ1v) is 6.54. The molecule has 2 N–H and O–H groups in total. The molecule has 2 aromatic heterocycles. The van der Waals surface area contributed by atoms with Crippen molar-refractivity contribution in [2.75, 3.05) is 12.4 Å². The summed E-state index contributed by atoms with van der Waals surface area (Å²) in [5, 5.41) is 7.77. The van der Waals surface area contributed by atoms with Crippen LogP contribution >= 0.6 is 11.3 Å². The molecule has 0 spiro atoms. The van der Waals surface area contributed by atoms with Gasteiger partial charge in [-0.05, 0) is 12.1 Å². The van der Waals surface area contributed by atoms with Crippen molar-refractivity contribution in [3.8, 4) is 0 Å². The first-order valence-electron chi connectivity index (χ1n) is 5.66. The summed E-state index contributed by atoms with van der Waals surface area (Å²) in [5.74, 6) is 0. The third kappa shape index (κ3) is 4.31. The van der Waals surface area contributed by atoms with Crippen molar-refractivity contribution in [3.63, 3.8) is 0 Å². The van der Waals surface area contributed by atoms with Gasteiger partial charge in [-0.1, -0.05) is 6.07 Å². The second-order valence-corrected chi connectivity index (χ2v) is 4.56. The maximum Gasteiger partial charge on any atom is 0.321 e. The van der Waals surface area contributed by atoms with Gasteiger partial charge in [0.2, 0.25) is 0 Å². The number of urea groups is 1. The Labute approximate surface area is 114 Å². The second-order valence-electron chi connectivity index (χ2n) is 3.71. The predicted molar refractivity (Wildman–Crippen MR) is 72.9 cm³/mol. The molecule has 7 heteroatoms. The third-order valence-corrected chi connectivity index (χ3v) is 3.03. The summed E-state index contributed by atoms with van der Waals surface area (Å²) >= 11 is 1.36. The zero-order valence-corrected chi connectivity index (χ0v) is 11.2. The van der Waals surface area contributed by atoms with Crippen LogP contribution in [0.2, 0.25) is 0 Å². The van der Waals surface area contributed by atoms with Crippen LogP contribution in [0.3, 0.4) is 0 Å². The molecular weight excluding hydrogens is 264 g/mol. The number of ether oxygens (including phenoxy) is 1. The molecule has 100 valence electrons. The minimum absolute atomic E-state index is 0.302. The summed E-state index contributed by atoms with van der Waals surface area (Å²) < 4.78 is 4.96. The Morgan fingerprint density at radius 2 is 2.32 bits per heavy atom. The lowest BCUT2D eigenvalue weighted by atomic mass is 10.3. The van der Waals surface area contributed by atoms with E-state index in [1.807, 2.05) is 23.6 Å². The molecular formula is C12H14N4O2S. The summed E-state index contributed by atoms with van der Waals surface area (Å²) in [6.45, 7) is 0.816. The third-order valence-electron chi connectivity index (χ3n) is 2.22. The van der Waals surface area contributed by atoms with Crippen molar-refractivity contribution in [1.29, 1.82) is 0 Å². The molecule has 0 atom stereocenters. The van der Waals surface area contributed by atoms with E-state index in [0.29, 0.717) is 18.3 Å². The highest BCUT2D eigenvalue weighted by Crippen LogP contribution is 2.15. The Kier molecular flexibility index (Phi) is 4.82. The van der Waals surface area contributed by atoms with Gasteiger partial charge in [-0.25, -0.2) is 9.78 Å². The molecule has 6 nitrogen and oxygen atoms in total. The molecule has 19 heavy (non-hydrogen) atoms. The number of pyridine rings is 1. The number of methoxy groups -OCH3 is 1. The van der Waals surface area contributed by atoms with Crippen molar-refractivity contribution in [2.24, 2.45) is 0 Å². The molecule has 2 amide bonds. The molecule has 0 aliphatic carbocycles. The van der Waals surface area contributed by atoms with Crippen molar-refractivity contribution >= 4 is 22.5 Å². The van der Waals surface area contributed by atoms with Gasteiger partial charge in [0, 0.05) is 18.7 Å². The number of carbonyl (C=O) groups excluding carboxylic acids is 1. The summed E-state index contributed by atoms with van der Waals surface area (Å²) in [7, 11) is 1.60. The molecule has 2 aromatic rings. The van der Waals surface area contributed by atoms with Crippen LogP contribution < -0.4 is 10.6 Å². The lowest BCUT2D eigenvalue weighted by Gasteiger charge is -2.04. The first-order chi connectivity index (χ1) is 9.28. The Hall–Kier alpha value is -1.99. The van der Waals surface area contributed by atoms with Crippen molar-refractivity contribution in [1.82, 2.24) is 15.3 Å². The predicted octanol–water partition coefficient (Wildman–Crippen LogP) is 2.01. The molecule has 2 heterocycles. The zero-order chi connectivity index (χ0) is 13.5. The highest BCUT2D eigenvalue weighted by atomic mass is 32.1. The first kappa shape index (κ1) is 13.4. The smallest absolute Gasteiger partial charge is 0.321 e. The number of nitrogens with one attached hydrogen (secondary N) is 2. The maximum absolute atomic E-state index is 11.6. The number of hydrogen-bond acceptors (Lipinski definition) is 5. The molecule has 2 rings (SSSR count). The van der Waals surface area contributed by atoms with E-state index >= 15 is 0 Å². The van der Waals surface area contributed by atoms with E-state index in [2.05, 4.69) is 20.6 Å². The van der Waals surface area contributed by atoms with Gasteiger partial charge in [-0.2, -0.15) is 0 Å². The average Bonchev–Trinajstić information content (AvgIpc) is 2.85. The minimum atomic E-state index is -0.302. The summed E-state index contributed by atoms with van der Waals surface area (Å²) in [6, 6.07) is 5.25. The summed E-state index contributed by atoms with van der Waals surface area (Å²) in [5.41, 5.74) is 1.60. The number of amides is 2. The second kappa shape index (κ2) is 6.81. The van der Waals surface area contributed by atoms with E-state index in [-0.39, 0.29) is 6.03 Å².